The Hall–Kier alpha value is -2.14. The van der Waals surface area contributed by atoms with Crippen molar-refractivity contribution in [3.63, 3.8) is 0 Å². The third kappa shape index (κ3) is 2.88. The third-order valence-electron chi connectivity index (χ3n) is 3.18. The lowest BCUT2D eigenvalue weighted by Gasteiger charge is -2.11. The molecule has 20 heavy (non-hydrogen) atoms. The lowest BCUT2D eigenvalue weighted by Crippen LogP contribution is -2.20. The number of aromatic hydroxyl groups is 1. The minimum atomic E-state index is -0.371. The molecule has 1 heterocycles. The molecule has 5 heteroatoms. The molecule has 0 aliphatic rings. The maximum atomic E-state index is 12.2. The van der Waals surface area contributed by atoms with Gasteiger partial charge in [0.1, 0.15) is 11.4 Å². The minimum Gasteiger partial charge on any atom is -0.493 e. The second-order valence-corrected chi connectivity index (χ2v) is 4.91. The molecule has 0 aliphatic carbocycles. The molecule has 0 saturated heterocycles. The Labute approximate surface area is 117 Å². The van der Waals surface area contributed by atoms with Crippen LogP contribution in [0.1, 0.15) is 37.2 Å². The fraction of sp³-hybridized carbons (Fsp3) is 0.333. The summed E-state index contributed by atoms with van der Waals surface area (Å²) in [6.45, 7) is 3.92. The number of aryl methyl sites for hydroxylation is 1. The molecular formula is C15H19N3O2. The van der Waals surface area contributed by atoms with Crippen molar-refractivity contribution in [1.82, 2.24) is 9.97 Å². The Balaban J connectivity index is 2.49. The Kier molecular flexibility index (Phi) is 4.20. The van der Waals surface area contributed by atoms with Gasteiger partial charge in [-0.25, -0.2) is 0 Å². The van der Waals surface area contributed by atoms with Crippen molar-refractivity contribution in [3.05, 3.63) is 46.0 Å². The summed E-state index contributed by atoms with van der Waals surface area (Å²) in [5, 5.41) is 10.0. The molecular weight excluding hydrogens is 254 g/mol. The van der Waals surface area contributed by atoms with Crippen LogP contribution >= 0.6 is 0 Å². The van der Waals surface area contributed by atoms with E-state index in [1.165, 1.54) is 0 Å². The molecule has 106 valence electrons. The summed E-state index contributed by atoms with van der Waals surface area (Å²) in [7, 11) is 0. The van der Waals surface area contributed by atoms with Gasteiger partial charge in [0.2, 0.25) is 5.88 Å². The van der Waals surface area contributed by atoms with Crippen LogP contribution in [-0.2, 0) is 0 Å². The Morgan fingerprint density at radius 2 is 2.20 bits per heavy atom. The van der Waals surface area contributed by atoms with Crippen LogP contribution in [0.3, 0.4) is 0 Å². The van der Waals surface area contributed by atoms with Crippen LogP contribution in [0, 0.1) is 6.92 Å². The molecule has 0 fully saturated rings. The molecule has 0 radical (unpaired) electrons. The minimum absolute atomic E-state index is 0.182. The first-order valence-corrected chi connectivity index (χ1v) is 6.68. The van der Waals surface area contributed by atoms with Crippen LogP contribution in [0.5, 0.6) is 5.88 Å². The van der Waals surface area contributed by atoms with Crippen molar-refractivity contribution >= 4 is 0 Å². The van der Waals surface area contributed by atoms with Gasteiger partial charge in [0.25, 0.3) is 5.56 Å². The lowest BCUT2D eigenvalue weighted by molar-refractivity contribution is 0.444. The van der Waals surface area contributed by atoms with Crippen LogP contribution in [0.4, 0.5) is 0 Å². The van der Waals surface area contributed by atoms with Crippen molar-refractivity contribution in [1.29, 1.82) is 0 Å². The van der Waals surface area contributed by atoms with E-state index in [2.05, 4.69) is 9.97 Å². The van der Waals surface area contributed by atoms with Gasteiger partial charge < -0.3 is 15.8 Å². The van der Waals surface area contributed by atoms with Gasteiger partial charge >= 0.3 is 0 Å². The zero-order valence-corrected chi connectivity index (χ0v) is 11.7. The van der Waals surface area contributed by atoms with E-state index in [-0.39, 0.29) is 23.0 Å². The number of aromatic nitrogens is 2. The Bertz CT molecular complexity index is 664. The molecule has 2 aromatic rings. The van der Waals surface area contributed by atoms with Gasteiger partial charge in [-0.15, -0.1) is 0 Å². The second kappa shape index (κ2) is 5.88. The van der Waals surface area contributed by atoms with Gasteiger partial charge in [0, 0.05) is 0 Å². The van der Waals surface area contributed by atoms with E-state index in [0.717, 1.165) is 12.0 Å². The Morgan fingerprint density at radius 3 is 2.80 bits per heavy atom. The summed E-state index contributed by atoms with van der Waals surface area (Å²) in [5.74, 6) is 0.0478. The highest BCUT2D eigenvalue weighted by Gasteiger charge is 2.16. The smallest absolute Gasteiger partial charge is 0.262 e. The van der Waals surface area contributed by atoms with Crippen molar-refractivity contribution in [2.45, 2.75) is 32.7 Å². The van der Waals surface area contributed by atoms with E-state index < -0.39 is 0 Å². The lowest BCUT2D eigenvalue weighted by atomic mass is 10.1. The average molecular weight is 273 g/mol. The molecule has 1 aromatic heterocycles. The number of hydrogen-bond acceptors (Lipinski definition) is 4. The molecule has 0 saturated carbocycles. The van der Waals surface area contributed by atoms with E-state index in [1.807, 2.05) is 32.0 Å². The molecule has 4 N–H and O–H groups in total. The SMILES string of the molecule is CCCC(N)c1nc(O)c(-c2cccc(C)c2)c(=O)[nH]1. The van der Waals surface area contributed by atoms with E-state index in [4.69, 9.17) is 5.73 Å². The third-order valence-corrected chi connectivity index (χ3v) is 3.18. The van der Waals surface area contributed by atoms with Crippen molar-refractivity contribution < 1.29 is 5.11 Å². The van der Waals surface area contributed by atoms with Crippen LogP contribution in [0.15, 0.2) is 29.1 Å². The highest BCUT2D eigenvalue weighted by Crippen LogP contribution is 2.25. The van der Waals surface area contributed by atoms with Crippen LogP contribution < -0.4 is 11.3 Å². The van der Waals surface area contributed by atoms with E-state index in [1.54, 1.807) is 6.07 Å². The van der Waals surface area contributed by atoms with Gasteiger partial charge in [-0.1, -0.05) is 43.2 Å². The molecule has 0 amide bonds. The number of nitrogens with one attached hydrogen (secondary N) is 1. The molecule has 0 spiro atoms. The molecule has 1 atom stereocenters. The summed E-state index contributed by atoms with van der Waals surface area (Å²) in [5.41, 5.74) is 7.38. The van der Waals surface area contributed by atoms with E-state index in [0.29, 0.717) is 17.8 Å². The topological polar surface area (TPSA) is 92.0 Å². The van der Waals surface area contributed by atoms with Crippen molar-refractivity contribution in [2.24, 2.45) is 5.73 Å². The maximum Gasteiger partial charge on any atom is 0.262 e. The summed E-state index contributed by atoms with van der Waals surface area (Å²) in [4.78, 5) is 18.9. The quantitative estimate of drug-likeness (QED) is 0.796. The number of aromatic amines is 1. The van der Waals surface area contributed by atoms with Crippen LogP contribution in [-0.4, -0.2) is 15.1 Å². The zero-order chi connectivity index (χ0) is 14.7. The first kappa shape index (κ1) is 14.3. The number of nitrogens with zero attached hydrogens (tertiary/aromatic N) is 1. The molecule has 1 aromatic carbocycles. The van der Waals surface area contributed by atoms with Crippen LogP contribution in [0.25, 0.3) is 11.1 Å². The first-order chi connectivity index (χ1) is 9.52. The van der Waals surface area contributed by atoms with Gasteiger partial charge in [-0.3, -0.25) is 4.79 Å². The van der Waals surface area contributed by atoms with E-state index in [9.17, 15) is 9.90 Å². The fourth-order valence-corrected chi connectivity index (χ4v) is 2.16. The fourth-order valence-electron chi connectivity index (χ4n) is 2.16. The highest BCUT2D eigenvalue weighted by molar-refractivity contribution is 5.67. The first-order valence-electron chi connectivity index (χ1n) is 6.68. The number of hydrogen-bond donors (Lipinski definition) is 3. The molecule has 2 rings (SSSR count). The summed E-state index contributed by atoms with van der Waals surface area (Å²) >= 11 is 0. The standard InChI is InChI=1S/C15H19N3O2/c1-3-5-11(16)13-17-14(19)12(15(20)18-13)10-7-4-6-9(2)8-10/h4,6-8,11H,3,5,16H2,1-2H3,(H2,17,18,19,20). The predicted molar refractivity (Wildman–Crippen MR) is 78.5 cm³/mol. The summed E-state index contributed by atoms with van der Waals surface area (Å²) in [6, 6.07) is 6.99. The van der Waals surface area contributed by atoms with Gasteiger partial charge in [0.05, 0.1) is 6.04 Å². The monoisotopic (exact) mass is 273 g/mol. The normalized spacial score (nSPS) is 12.3. The molecule has 0 bridgehead atoms. The number of nitrogens with two attached hydrogens (primary N) is 1. The number of H-pyrrole nitrogens is 1. The Morgan fingerprint density at radius 1 is 1.45 bits per heavy atom. The van der Waals surface area contributed by atoms with E-state index >= 15 is 0 Å². The maximum absolute atomic E-state index is 12.2. The van der Waals surface area contributed by atoms with Crippen molar-refractivity contribution in [2.75, 3.05) is 0 Å². The second-order valence-electron chi connectivity index (χ2n) is 4.91. The largest absolute Gasteiger partial charge is 0.493 e. The molecule has 0 aliphatic heterocycles. The van der Waals surface area contributed by atoms with Gasteiger partial charge in [-0.2, -0.15) is 4.98 Å². The predicted octanol–water partition coefficient (Wildman–Crippen LogP) is 2.25. The van der Waals surface area contributed by atoms with Gasteiger partial charge in [-0.05, 0) is 18.9 Å². The van der Waals surface area contributed by atoms with Crippen molar-refractivity contribution in [3.8, 4) is 17.0 Å². The van der Waals surface area contributed by atoms with Gasteiger partial charge in [0.15, 0.2) is 0 Å². The summed E-state index contributed by atoms with van der Waals surface area (Å²) < 4.78 is 0. The average Bonchev–Trinajstić information content (AvgIpc) is 2.38. The zero-order valence-electron chi connectivity index (χ0n) is 11.7. The number of benzene rings is 1. The van der Waals surface area contributed by atoms with Crippen LogP contribution in [0.2, 0.25) is 0 Å². The molecule has 5 nitrogen and oxygen atoms in total. The molecule has 1 unspecified atom stereocenters. The highest BCUT2D eigenvalue weighted by atomic mass is 16.3. The summed E-state index contributed by atoms with van der Waals surface area (Å²) in [6.07, 6.45) is 1.58. The number of rotatable bonds is 4.